The fourth-order valence-electron chi connectivity index (χ4n) is 4.88. The Morgan fingerprint density at radius 2 is 1.53 bits per heavy atom. The molecule has 2 atom stereocenters. The van der Waals surface area contributed by atoms with Gasteiger partial charge in [0, 0.05) is 12.5 Å². The van der Waals surface area contributed by atoms with E-state index in [2.05, 4.69) is 96.3 Å². The van der Waals surface area contributed by atoms with Crippen LogP contribution in [0.15, 0.2) is 97.1 Å². The van der Waals surface area contributed by atoms with Crippen molar-refractivity contribution in [2.45, 2.75) is 31.5 Å². The van der Waals surface area contributed by atoms with E-state index in [4.69, 9.17) is 14.2 Å². The van der Waals surface area contributed by atoms with E-state index in [0.717, 1.165) is 31.7 Å². The molecule has 0 amide bonds. The number of hydrogen-bond donors (Lipinski definition) is 1. The van der Waals surface area contributed by atoms with Gasteiger partial charge in [0.05, 0.1) is 25.9 Å². The van der Waals surface area contributed by atoms with Gasteiger partial charge in [-0.25, -0.2) is 0 Å². The third kappa shape index (κ3) is 6.73. The minimum Gasteiger partial charge on any atom is -0.491 e. The topological polar surface area (TPSA) is 39.7 Å². The fourth-order valence-corrected chi connectivity index (χ4v) is 4.88. The molecule has 4 aromatic carbocycles. The summed E-state index contributed by atoms with van der Waals surface area (Å²) in [6.07, 6.45) is 2.14. The Balaban J connectivity index is 1.09. The SMILES string of the molecule is c1ccc(CCOCCOc2ccc([C@H]3CCNC[C@@H]3OCc3ccc4ccccc4c3)cc2)cc1. The summed E-state index contributed by atoms with van der Waals surface area (Å²) >= 11 is 0. The molecule has 1 saturated heterocycles. The van der Waals surface area contributed by atoms with Crippen LogP contribution >= 0.6 is 0 Å². The standard InChI is InChI=1S/C32H35NO3/c1-2-6-25(7-3-1)17-19-34-20-21-35-30-14-12-28(13-15-30)31-16-18-33-23-32(31)36-24-26-10-11-27-8-4-5-9-29(27)22-26/h1-15,22,31-33H,16-21,23-24H2/t31-,32+/m1/s1. The van der Waals surface area contributed by atoms with Crippen LogP contribution in [0.25, 0.3) is 10.8 Å². The summed E-state index contributed by atoms with van der Waals surface area (Å²) in [5.41, 5.74) is 3.82. The van der Waals surface area contributed by atoms with E-state index in [0.29, 0.717) is 32.3 Å². The Morgan fingerprint density at radius 1 is 0.722 bits per heavy atom. The molecule has 0 bridgehead atoms. The van der Waals surface area contributed by atoms with Crippen LogP contribution in [0.1, 0.15) is 29.0 Å². The number of hydrogen-bond acceptors (Lipinski definition) is 4. The molecular formula is C32H35NO3. The molecule has 1 N–H and O–H groups in total. The normalized spacial score (nSPS) is 17.8. The van der Waals surface area contributed by atoms with E-state index in [1.165, 1.54) is 27.5 Å². The summed E-state index contributed by atoms with van der Waals surface area (Å²) in [5.74, 6) is 1.26. The van der Waals surface area contributed by atoms with Gasteiger partial charge in [-0.05, 0) is 65.0 Å². The minimum absolute atomic E-state index is 0.148. The van der Waals surface area contributed by atoms with Crippen molar-refractivity contribution in [2.24, 2.45) is 0 Å². The third-order valence-corrected chi connectivity index (χ3v) is 6.89. The first kappa shape index (κ1) is 24.5. The number of piperidine rings is 1. The van der Waals surface area contributed by atoms with Crippen LogP contribution in [0.3, 0.4) is 0 Å². The van der Waals surface area contributed by atoms with Crippen molar-refractivity contribution < 1.29 is 14.2 Å². The number of fused-ring (bicyclic) bond motifs is 1. The van der Waals surface area contributed by atoms with Crippen LogP contribution < -0.4 is 10.1 Å². The first-order valence-corrected chi connectivity index (χ1v) is 13.0. The van der Waals surface area contributed by atoms with Crippen LogP contribution in [0, 0.1) is 0 Å². The zero-order valence-electron chi connectivity index (χ0n) is 20.8. The van der Waals surface area contributed by atoms with Gasteiger partial charge < -0.3 is 19.5 Å². The zero-order chi connectivity index (χ0) is 24.4. The van der Waals surface area contributed by atoms with Gasteiger partial charge in [0.1, 0.15) is 12.4 Å². The Hall–Kier alpha value is -3.18. The molecule has 0 aliphatic carbocycles. The molecular weight excluding hydrogens is 446 g/mol. The van der Waals surface area contributed by atoms with E-state index < -0.39 is 0 Å². The second-order valence-corrected chi connectivity index (χ2v) is 9.40. The summed E-state index contributed by atoms with van der Waals surface area (Å²) < 4.78 is 18.1. The molecule has 4 nitrogen and oxygen atoms in total. The lowest BCUT2D eigenvalue weighted by Crippen LogP contribution is -2.40. The molecule has 1 aliphatic heterocycles. The predicted octanol–water partition coefficient (Wildman–Crippen LogP) is 6.14. The number of rotatable bonds is 11. The average Bonchev–Trinajstić information content (AvgIpc) is 2.95. The zero-order valence-corrected chi connectivity index (χ0v) is 20.8. The van der Waals surface area contributed by atoms with Crippen molar-refractivity contribution in [3.8, 4) is 5.75 Å². The summed E-state index contributed by atoms with van der Waals surface area (Å²) in [5, 5.41) is 6.03. The molecule has 0 spiro atoms. The minimum atomic E-state index is 0.148. The van der Waals surface area contributed by atoms with Gasteiger partial charge in [-0.2, -0.15) is 0 Å². The molecule has 0 radical (unpaired) electrons. The van der Waals surface area contributed by atoms with Crippen LogP contribution in [-0.2, 0) is 22.5 Å². The van der Waals surface area contributed by atoms with Crippen molar-refractivity contribution in [3.05, 3.63) is 114 Å². The largest absolute Gasteiger partial charge is 0.491 e. The second kappa shape index (κ2) is 12.7. The molecule has 0 unspecified atom stereocenters. The van der Waals surface area contributed by atoms with Crippen LogP contribution in [0.2, 0.25) is 0 Å². The molecule has 1 heterocycles. The summed E-state index contributed by atoms with van der Waals surface area (Å²) in [6.45, 7) is 4.37. The van der Waals surface area contributed by atoms with Gasteiger partial charge in [-0.1, -0.05) is 78.9 Å². The number of benzene rings is 4. The summed E-state index contributed by atoms with van der Waals surface area (Å²) in [6, 6.07) is 34.0. The molecule has 0 saturated carbocycles. The second-order valence-electron chi connectivity index (χ2n) is 9.40. The van der Waals surface area contributed by atoms with E-state index >= 15 is 0 Å². The number of nitrogens with one attached hydrogen (secondary N) is 1. The van der Waals surface area contributed by atoms with Crippen LogP contribution in [0.5, 0.6) is 5.75 Å². The quantitative estimate of drug-likeness (QED) is 0.261. The Bertz CT molecular complexity index is 1210. The molecule has 0 aromatic heterocycles. The van der Waals surface area contributed by atoms with E-state index in [1.54, 1.807) is 0 Å². The smallest absolute Gasteiger partial charge is 0.119 e. The highest BCUT2D eigenvalue weighted by molar-refractivity contribution is 5.82. The Morgan fingerprint density at radius 3 is 2.39 bits per heavy atom. The van der Waals surface area contributed by atoms with Crippen molar-refractivity contribution in [1.82, 2.24) is 5.32 Å². The molecule has 36 heavy (non-hydrogen) atoms. The maximum Gasteiger partial charge on any atom is 0.119 e. The lowest BCUT2D eigenvalue weighted by Gasteiger charge is -2.32. The van der Waals surface area contributed by atoms with Gasteiger partial charge in [0.2, 0.25) is 0 Å². The van der Waals surface area contributed by atoms with Gasteiger partial charge in [-0.3, -0.25) is 0 Å². The highest BCUT2D eigenvalue weighted by Crippen LogP contribution is 2.30. The predicted molar refractivity (Wildman–Crippen MR) is 146 cm³/mol. The Kier molecular flexibility index (Phi) is 8.63. The Labute approximate surface area is 214 Å². The van der Waals surface area contributed by atoms with Crippen molar-refractivity contribution >= 4 is 10.8 Å². The average molecular weight is 482 g/mol. The highest BCUT2D eigenvalue weighted by Gasteiger charge is 2.27. The molecule has 4 heteroatoms. The monoisotopic (exact) mass is 481 g/mol. The van der Waals surface area contributed by atoms with Gasteiger partial charge in [-0.15, -0.1) is 0 Å². The third-order valence-electron chi connectivity index (χ3n) is 6.89. The van der Waals surface area contributed by atoms with Gasteiger partial charge >= 0.3 is 0 Å². The molecule has 4 aromatic rings. The van der Waals surface area contributed by atoms with Crippen LogP contribution in [0.4, 0.5) is 0 Å². The molecule has 186 valence electrons. The van der Waals surface area contributed by atoms with Crippen LogP contribution in [-0.4, -0.2) is 39.0 Å². The van der Waals surface area contributed by atoms with E-state index in [1.807, 2.05) is 6.07 Å². The first-order chi connectivity index (χ1) is 17.8. The summed E-state index contributed by atoms with van der Waals surface area (Å²) in [7, 11) is 0. The molecule has 1 aliphatic rings. The maximum atomic E-state index is 6.44. The van der Waals surface area contributed by atoms with E-state index in [9.17, 15) is 0 Å². The molecule has 1 fully saturated rings. The first-order valence-electron chi connectivity index (χ1n) is 13.0. The maximum absolute atomic E-state index is 6.44. The van der Waals surface area contributed by atoms with Gasteiger partial charge in [0.15, 0.2) is 0 Å². The lowest BCUT2D eigenvalue weighted by molar-refractivity contribution is 0.0106. The van der Waals surface area contributed by atoms with Gasteiger partial charge in [0.25, 0.3) is 0 Å². The van der Waals surface area contributed by atoms with E-state index in [-0.39, 0.29) is 6.10 Å². The fraction of sp³-hybridized carbons (Fsp3) is 0.312. The van der Waals surface area contributed by atoms with Crippen molar-refractivity contribution in [2.75, 3.05) is 32.9 Å². The van der Waals surface area contributed by atoms with Crippen molar-refractivity contribution in [3.63, 3.8) is 0 Å². The van der Waals surface area contributed by atoms with Crippen molar-refractivity contribution in [1.29, 1.82) is 0 Å². The lowest BCUT2D eigenvalue weighted by atomic mass is 9.87. The molecule has 5 rings (SSSR count). The highest BCUT2D eigenvalue weighted by atomic mass is 16.5. The number of ether oxygens (including phenoxy) is 3. The summed E-state index contributed by atoms with van der Waals surface area (Å²) in [4.78, 5) is 0.